The van der Waals surface area contributed by atoms with Gasteiger partial charge in [0.25, 0.3) is 5.55 Å². The molecule has 0 aliphatic rings. The summed E-state index contributed by atoms with van der Waals surface area (Å²) < 4.78 is 37.0. The molecule has 1 unspecified atom stereocenters. The standard InChI is InChI=1S/C4H7Cl2F3Si/c1-3(7)4(8,9)10(2,5)6/h3H,1-2H3. The molecule has 0 bridgehead atoms. The van der Waals surface area contributed by atoms with Crippen LogP contribution >= 0.6 is 22.2 Å². The van der Waals surface area contributed by atoms with Gasteiger partial charge in [-0.2, -0.15) is 0 Å². The number of hydrogen-bond acceptors (Lipinski definition) is 0. The van der Waals surface area contributed by atoms with Gasteiger partial charge in [0, 0.05) is 0 Å². The van der Waals surface area contributed by atoms with Crippen LogP contribution in [0.25, 0.3) is 0 Å². The van der Waals surface area contributed by atoms with E-state index in [1.165, 1.54) is 0 Å². The minimum Gasteiger partial charge on any atom is -0.241 e. The molecule has 0 aromatic heterocycles. The summed E-state index contributed by atoms with van der Waals surface area (Å²) in [5.41, 5.74) is -3.56. The Morgan fingerprint density at radius 3 is 1.70 bits per heavy atom. The second-order valence-corrected chi connectivity index (χ2v) is 9.69. The molecule has 0 aliphatic heterocycles. The van der Waals surface area contributed by atoms with E-state index in [1.54, 1.807) is 0 Å². The molecule has 62 valence electrons. The molecule has 6 heteroatoms. The lowest BCUT2D eigenvalue weighted by Gasteiger charge is -2.24. The van der Waals surface area contributed by atoms with Crippen molar-refractivity contribution in [2.45, 2.75) is 25.2 Å². The Morgan fingerprint density at radius 1 is 1.40 bits per heavy atom. The van der Waals surface area contributed by atoms with Crippen LogP contribution in [0.5, 0.6) is 0 Å². The Labute approximate surface area is 67.7 Å². The van der Waals surface area contributed by atoms with E-state index in [-0.39, 0.29) is 0 Å². The van der Waals surface area contributed by atoms with Crippen LogP contribution in [0.4, 0.5) is 13.2 Å². The fraction of sp³-hybridized carbons (Fsp3) is 1.00. The quantitative estimate of drug-likeness (QED) is 0.486. The highest BCUT2D eigenvalue weighted by atomic mass is 35.7. The van der Waals surface area contributed by atoms with Gasteiger partial charge in [-0.1, -0.05) is 0 Å². The third-order valence-corrected chi connectivity index (χ3v) is 4.17. The van der Waals surface area contributed by atoms with Crippen molar-refractivity contribution in [3.63, 3.8) is 0 Å². The van der Waals surface area contributed by atoms with Crippen LogP contribution in [0.15, 0.2) is 0 Å². The number of halogens is 5. The Hall–Kier alpha value is 0.587. The molecule has 0 aliphatic carbocycles. The highest BCUT2D eigenvalue weighted by Gasteiger charge is 2.55. The van der Waals surface area contributed by atoms with Gasteiger partial charge < -0.3 is 0 Å². The molecule has 0 nitrogen and oxygen atoms in total. The van der Waals surface area contributed by atoms with Crippen LogP contribution in [0, 0.1) is 0 Å². The smallest absolute Gasteiger partial charge is 0.241 e. The average molecular weight is 211 g/mol. The third kappa shape index (κ3) is 2.03. The minimum absolute atomic E-state index is 0.746. The molecular formula is C4H7Cl2F3Si. The van der Waals surface area contributed by atoms with Crippen LogP contribution in [0.2, 0.25) is 6.55 Å². The highest BCUT2D eigenvalue weighted by Crippen LogP contribution is 2.37. The molecule has 0 fully saturated rings. The van der Waals surface area contributed by atoms with E-state index >= 15 is 0 Å². The summed E-state index contributed by atoms with van der Waals surface area (Å²) >= 11 is 10.3. The van der Waals surface area contributed by atoms with Gasteiger partial charge in [-0.05, 0) is 13.5 Å². The molecule has 0 saturated heterocycles. The van der Waals surface area contributed by atoms with E-state index in [0.29, 0.717) is 0 Å². The van der Waals surface area contributed by atoms with E-state index in [2.05, 4.69) is 0 Å². The zero-order valence-corrected chi connectivity index (χ0v) is 7.98. The van der Waals surface area contributed by atoms with Crippen LogP contribution in [0.1, 0.15) is 6.92 Å². The largest absolute Gasteiger partial charge is 0.327 e. The van der Waals surface area contributed by atoms with Crippen molar-refractivity contribution in [2.24, 2.45) is 0 Å². The van der Waals surface area contributed by atoms with Gasteiger partial charge in [-0.15, -0.1) is 22.2 Å². The molecule has 0 spiro atoms. The van der Waals surface area contributed by atoms with Crippen molar-refractivity contribution >= 4 is 28.9 Å². The first-order valence-electron chi connectivity index (χ1n) is 2.59. The van der Waals surface area contributed by atoms with E-state index in [0.717, 1.165) is 13.5 Å². The normalized spacial score (nSPS) is 17.1. The summed E-state index contributed by atoms with van der Waals surface area (Å²) in [6, 6.07) is 0. The second-order valence-electron chi connectivity index (χ2n) is 2.13. The molecule has 0 rings (SSSR count). The summed E-state index contributed by atoms with van der Waals surface area (Å²) in [5, 5.41) is 0. The van der Waals surface area contributed by atoms with E-state index < -0.39 is 18.4 Å². The first-order valence-corrected chi connectivity index (χ1v) is 7.11. The van der Waals surface area contributed by atoms with Gasteiger partial charge in [0.15, 0.2) is 6.17 Å². The first kappa shape index (κ1) is 10.6. The van der Waals surface area contributed by atoms with Gasteiger partial charge in [0.1, 0.15) is 0 Å². The lowest BCUT2D eigenvalue weighted by molar-refractivity contribution is 0.00853. The fourth-order valence-corrected chi connectivity index (χ4v) is 1.95. The van der Waals surface area contributed by atoms with Crippen molar-refractivity contribution in [3.8, 4) is 0 Å². The zero-order valence-electron chi connectivity index (χ0n) is 5.47. The first-order chi connectivity index (χ1) is 4.19. The van der Waals surface area contributed by atoms with E-state index in [1.807, 2.05) is 0 Å². The van der Waals surface area contributed by atoms with Crippen LogP contribution in [-0.2, 0) is 0 Å². The maximum absolute atomic E-state index is 12.5. The van der Waals surface area contributed by atoms with E-state index in [4.69, 9.17) is 22.2 Å². The van der Waals surface area contributed by atoms with Crippen molar-refractivity contribution in [1.29, 1.82) is 0 Å². The molecule has 10 heavy (non-hydrogen) atoms. The van der Waals surface area contributed by atoms with Crippen molar-refractivity contribution in [3.05, 3.63) is 0 Å². The van der Waals surface area contributed by atoms with Gasteiger partial charge in [-0.25, -0.2) is 13.2 Å². The summed E-state index contributed by atoms with van der Waals surface area (Å²) in [6.45, 7) is -1.97. The van der Waals surface area contributed by atoms with Crippen LogP contribution in [-0.4, -0.2) is 18.4 Å². The topological polar surface area (TPSA) is 0 Å². The molecule has 0 aromatic rings. The number of hydrogen-bond donors (Lipinski definition) is 0. The fourth-order valence-electron chi connectivity index (χ4n) is 0.349. The zero-order chi connectivity index (χ0) is 8.58. The predicted octanol–water partition coefficient (Wildman–Crippen LogP) is 3.07. The van der Waals surface area contributed by atoms with Gasteiger partial charge in [0.2, 0.25) is 0 Å². The molecule has 0 N–H and O–H groups in total. The molecule has 0 aromatic carbocycles. The van der Waals surface area contributed by atoms with Gasteiger partial charge >= 0.3 is 6.69 Å². The van der Waals surface area contributed by atoms with Crippen molar-refractivity contribution < 1.29 is 13.2 Å². The highest BCUT2D eigenvalue weighted by molar-refractivity contribution is 7.45. The summed E-state index contributed by atoms with van der Waals surface area (Å²) in [7, 11) is 0. The second kappa shape index (κ2) is 2.91. The SMILES string of the molecule is CC(F)C(F)(F)[Si](C)(Cl)Cl. The molecule has 0 heterocycles. The van der Waals surface area contributed by atoms with E-state index in [9.17, 15) is 13.2 Å². The maximum Gasteiger partial charge on any atom is 0.327 e. The Balaban J connectivity index is 4.40. The number of rotatable bonds is 2. The summed E-state index contributed by atoms with van der Waals surface area (Å²) in [4.78, 5) is 0. The lowest BCUT2D eigenvalue weighted by Crippen LogP contribution is -2.47. The summed E-state index contributed by atoms with van der Waals surface area (Å²) in [5.74, 6) is 0. The Bertz CT molecular complexity index is 120. The molecule has 0 radical (unpaired) electrons. The van der Waals surface area contributed by atoms with Gasteiger partial charge in [-0.3, -0.25) is 0 Å². The minimum atomic E-state index is -3.71. The monoisotopic (exact) mass is 210 g/mol. The molecular weight excluding hydrogens is 204 g/mol. The predicted molar refractivity (Wildman–Crippen MR) is 38.8 cm³/mol. The molecule has 1 atom stereocenters. The Morgan fingerprint density at radius 2 is 1.70 bits per heavy atom. The Kier molecular flexibility index (Phi) is 3.08. The van der Waals surface area contributed by atoms with Gasteiger partial charge in [0.05, 0.1) is 0 Å². The third-order valence-electron chi connectivity index (χ3n) is 1.08. The average Bonchev–Trinajstić information content (AvgIpc) is 1.62. The maximum atomic E-state index is 12.5. The van der Waals surface area contributed by atoms with Crippen LogP contribution < -0.4 is 0 Å². The lowest BCUT2D eigenvalue weighted by atomic mass is 10.5. The van der Waals surface area contributed by atoms with Crippen molar-refractivity contribution in [1.82, 2.24) is 0 Å². The summed E-state index contributed by atoms with van der Waals surface area (Å²) in [6.07, 6.45) is -2.28. The molecule has 0 saturated carbocycles. The van der Waals surface area contributed by atoms with Crippen LogP contribution in [0.3, 0.4) is 0 Å². The van der Waals surface area contributed by atoms with Crippen molar-refractivity contribution in [2.75, 3.05) is 0 Å². The molecule has 0 amide bonds. The number of alkyl halides is 3.